The number of nitrogens with one attached hydrogen (secondary N) is 2. The highest BCUT2D eigenvalue weighted by Crippen LogP contribution is 2.23. The van der Waals surface area contributed by atoms with Crippen molar-refractivity contribution >= 4 is 29.3 Å². The summed E-state index contributed by atoms with van der Waals surface area (Å²) in [7, 11) is 0. The minimum absolute atomic E-state index is 0.0364. The first-order chi connectivity index (χ1) is 16.4. The first-order valence-electron chi connectivity index (χ1n) is 12.1. The van der Waals surface area contributed by atoms with Crippen molar-refractivity contribution in [2.45, 2.75) is 57.5 Å². The lowest BCUT2D eigenvalue weighted by molar-refractivity contribution is -0.127. The van der Waals surface area contributed by atoms with E-state index in [-0.39, 0.29) is 35.7 Å². The number of amides is 3. The number of likely N-dealkylation sites (tertiary alicyclic amines) is 1. The Morgan fingerprint density at radius 2 is 1.65 bits per heavy atom. The Bertz CT molecular complexity index is 1060. The van der Waals surface area contributed by atoms with E-state index in [0.717, 1.165) is 44.1 Å². The van der Waals surface area contributed by atoms with Gasteiger partial charge in [0.15, 0.2) is 0 Å². The third kappa shape index (κ3) is 5.79. The van der Waals surface area contributed by atoms with Gasteiger partial charge in [-0.25, -0.2) is 0 Å². The van der Waals surface area contributed by atoms with Crippen LogP contribution in [0.15, 0.2) is 48.5 Å². The fourth-order valence-electron chi connectivity index (χ4n) is 5.03. The van der Waals surface area contributed by atoms with E-state index >= 15 is 0 Å². The van der Waals surface area contributed by atoms with Crippen LogP contribution in [0.2, 0.25) is 5.02 Å². The molecular formula is C27H32ClN3O3. The average molecular weight is 482 g/mol. The molecule has 2 aromatic rings. The molecule has 180 valence electrons. The second-order valence-corrected chi connectivity index (χ2v) is 9.83. The van der Waals surface area contributed by atoms with Gasteiger partial charge in [0.2, 0.25) is 5.91 Å². The summed E-state index contributed by atoms with van der Waals surface area (Å²) >= 11 is 6.05. The van der Waals surface area contributed by atoms with E-state index in [1.807, 2.05) is 31.2 Å². The highest BCUT2D eigenvalue weighted by Gasteiger charge is 2.33. The molecule has 6 nitrogen and oxygen atoms in total. The molecule has 1 saturated carbocycles. The smallest absolute Gasteiger partial charge is 0.253 e. The van der Waals surface area contributed by atoms with Gasteiger partial charge in [0.25, 0.3) is 11.8 Å². The maximum atomic E-state index is 13.2. The lowest BCUT2D eigenvalue weighted by atomic mass is 9.88. The molecule has 2 aromatic carbocycles. The van der Waals surface area contributed by atoms with Crippen molar-refractivity contribution in [3.05, 3.63) is 70.2 Å². The number of piperidine rings is 1. The molecule has 3 atom stereocenters. The molecule has 34 heavy (non-hydrogen) atoms. The van der Waals surface area contributed by atoms with Crippen molar-refractivity contribution in [3.8, 4) is 0 Å². The van der Waals surface area contributed by atoms with Crippen LogP contribution in [0.1, 0.15) is 64.8 Å². The lowest BCUT2D eigenvalue weighted by Crippen LogP contribution is -2.55. The second-order valence-electron chi connectivity index (χ2n) is 9.40. The molecular weight excluding hydrogens is 450 g/mol. The van der Waals surface area contributed by atoms with Gasteiger partial charge in [-0.15, -0.1) is 0 Å². The molecule has 0 unspecified atom stereocenters. The van der Waals surface area contributed by atoms with Crippen LogP contribution >= 0.6 is 11.6 Å². The standard InChI is InChI=1S/C27H32ClN3O3/c1-18-8-2-3-12-22(18)26(33)30-24-14-5-4-13-23(24)29-25(32)20-10-7-15-31(17-20)27(34)19-9-6-11-21(28)16-19/h2-3,6,8-9,11-12,16,20,23-24H,4-5,7,10,13-15,17H2,1H3,(H,29,32)(H,30,33)/t20-,23-,24-/m1/s1. The highest BCUT2D eigenvalue weighted by atomic mass is 35.5. The van der Waals surface area contributed by atoms with E-state index in [1.165, 1.54) is 0 Å². The van der Waals surface area contributed by atoms with E-state index in [1.54, 1.807) is 29.2 Å². The zero-order chi connectivity index (χ0) is 24.1. The second kappa shape index (κ2) is 11.0. The molecule has 4 rings (SSSR count). The average Bonchev–Trinajstić information content (AvgIpc) is 2.85. The predicted molar refractivity (Wildman–Crippen MR) is 133 cm³/mol. The van der Waals surface area contributed by atoms with Crippen molar-refractivity contribution in [2.75, 3.05) is 13.1 Å². The number of carbonyl (C=O) groups excluding carboxylic acids is 3. The Morgan fingerprint density at radius 3 is 2.38 bits per heavy atom. The van der Waals surface area contributed by atoms with Crippen LogP contribution in [0.4, 0.5) is 0 Å². The maximum absolute atomic E-state index is 13.2. The van der Waals surface area contributed by atoms with E-state index < -0.39 is 0 Å². The Morgan fingerprint density at radius 1 is 0.912 bits per heavy atom. The highest BCUT2D eigenvalue weighted by molar-refractivity contribution is 6.30. The first kappa shape index (κ1) is 24.3. The molecule has 1 saturated heterocycles. The van der Waals surface area contributed by atoms with Gasteiger partial charge in [-0.1, -0.05) is 48.7 Å². The lowest BCUT2D eigenvalue weighted by Gasteiger charge is -2.36. The van der Waals surface area contributed by atoms with Crippen LogP contribution in [-0.4, -0.2) is 47.8 Å². The first-order valence-corrected chi connectivity index (χ1v) is 12.5. The Hall–Kier alpha value is -2.86. The molecule has 1 heterocycles. The predicted octanol–water partition coefficient (Wildman–Crippen LogP) is 4.36. The number of nitrogens with zero attached hydrogens (tertiary/aromatic N) is 1. The Balaban J connectivity index is 1.37. The molecule has 1 aliphatic heterocycles. The van der Waals surface area contributed by atoms with Crippen LogP contribution in [-0.2, 0) is 4.79 Å². The summed E-state index contributed by atoms with van der Waals surface area (Å²) in [5.74, 6) is -0.488. The number of rotatable bonds is 5. The number of benzene rings is 2. The van der Waals surface area contributed by atoms with Crippen molar-refractivity contribution in [2.24, 2.45) is 5.92 Å². The van der Waals surface area contributed by atoms with E-state index in [4.69, 9.17) is 11.6 Å². The van der Waals surface area contributed by atoms with E-state index in [0.29, 0.717) is 29.2 Å². The van der Waals surface area contributed by atoms with Crippen LogP contribution < -0.4 is 10.6 Å². The van der Waals surface area contributed by atoms with E-state index in [2.05, 4.69) is 10.6 Å². The summed E-state index contributed by atoms with van der Waals surface area (Å²) in [5, 5.41) is 6.88. The molecule has 0 spiro atoms. The Labute approximate surface area is 206 Å². The molecule has 3 amide bonds. The third-order valence-electron chi connectivity index (χ3n) is 6.95. The number of hydrogen-bond acceptors (Lipinski definition) is 3. The minimum Gasteiger partial charge on any atom is -0.351 e. The number of aryl methyl sites for hydroxylation is 1. The number of carbonyl (C=O) groups is 3. The van der Waals surface area contributed by atoms with Crippen molar-refractivity contribution < 1.29 is 14.4 Å². The fourth-order valence-corrected chi connectivity index (χ4v) is 5.22. The SMILES string of the molecule is Cc1ccccc1C(=O)N[C@@H]1CCCC[C@H]1NC(=O)[C@@H]1CCCN(C(=O)c2cccc(Cl)c2)C1. The van der Waals surface area contributed by atoms with Crippen molar-refractivity contribution in [1.29, 1.82) is 0 Å². The zero-order valence-electron chi connectivity index (χ0n) is 19.6. The summed E-state index contributed by atoms with van der Waals surface area (Å²) in [4.78, 5) is 40.7. The van der Waals surface area contributed by atoms with Crippen LogP contribution in [0, 0.1) is 12.8 Å². The van der Waals surface area contributed by atoms with Gasteiger partial charge in [-0.05, 0) is 62.4 Å². The molecule has 2 fully saturated rings. The molecule has 2 aliphatic rings. The van der Waals surface area contributed by atoms with Gasteiger partial charge in [0.05, 0.1) is 5.92 Å². The van der Waals surface area contributed by atoms with Gasteiger partial charge in [0.1, 0.15) is 0 Å². The summed E-state index contributed by atoms with van der Waals surface area (Å²) < 4.78 is 0. The van der Waals surface area contributed by atoms with Gasteiger partial charge in [-0.2, -0.15) is 0 Å². The van der Waals surface area contributed by atoms with Crippen LogP contribution in [0.5, 0.6) is 0 Å². The maximum Gasteiger partial charge on any atom is 0.253 e. The quantitative estimate of drug-likeness (QED) is 0.666. The summed E-state index contributed by atoms with van der Waals surface area (Å²) in [6, 6.07) is 14.2. The van der Waals surface area contributed by atoms with E-state index in [9.17, 15) is 14.4 Å². The molecule has 7 heteroatoms. The normalized spacial score (nSPS) is 22.6. The topological polar surface area (TPSA) is 78.5 Å². The molecule has 0 aromatic heterocycles. The summed E-state index contributed by atoms with van der Waals surface area (Å²) in [6.45, 7) is 2.95. The summed E-state index contributed by atoms with van der Waals surface area (Å²) in [5.41, 5.74) is 2.14. The third-order valence-corrected chi connectivity index (χ3v) is 7.19. The molecule has 2 N–H and O–H groups in total. The molecule has 1 aliphatic carbocycles. The van der Waals surface area contributed by atoms with Gasteiger partial charge in [-0.3, -0.25) is 14.4 Å². The van der Waals surface area contributed by atoms with Gasteiger partial charge < -0.3 is 15.5 Å². The monoisotopic (exact) mass is 481 g/mol. The number of halogens is 1. The molecule has 0 bridgehead atoms. The van der Waals surface area contributed by atoms with Gasteiger partial charge in [0, 0.05) is 41.3 Å². The van der Waals surface area contributed by atoms with Crippen LogP contribution in [0.25, 0.3) is 0 Å². The van der Waals surface area contributed by atoms with Gasteiger partial charge >= 0.3 is 0 Å². The number of hydrogen-bond donors (Lipinski definition) is 2. The van der Waals surface area contributed by atoms with Crippen molar-refractivity contribution in [1.82, 2.24) is 15.5 Å². The Kier molecular flexibility index (Phi) is 7.88. The van der Waals surface area contributed by atoms with Crippen LogP contribution in [0.3, 0.4) is 0 Å². The largest absolute Gasteiger partial charge is 0.351 e. The zero-order valence-corrected chi connectivity index (χ0v) is 20.3. The minimum atomic E-state index is -0.258. The van der Waals surface area contributed by atoms with Crippen molar-refractivity contribution in [3.63, 3.8) is 0 Å². The molecule has 0 radical (unpaired) electrons. The summed E-state index contributed by atoms with van der Waals surface area (Å²) in [6.07, 6.45) is 5.25. The fraction of sp³-hybridized carbons (Fsp3) is 0.444.